The van der Waals surface area contributed by atoms with Crippen molar-refractivity contribution in [2.24, 2.45) is 5.92 Å². The van der Waals surface area contributed by atoms with Gasteiger partial charge in [-0.2, -0.15) is 0 Å². The first-order chi connectivity index (χ1) is 9.04. The highest BCUT2D eigenvalue weighted by Crippen LogP contribution is 2.14. The van der Waals surface area contributed by atoms with Crippen LogP contribution < -0.4 is 0 Å². The summed E-state index contributed by atoms with van der Waals surface area (Å²) in [6, 6.07) is 4.52. The standard InChI is InChI=1S/C16H21FO2/c1-12(2)13(3)19-11-15-7-8-16(17)10-14(15)6-4-5-9-18/h7-8,10,12-13,18H,5,9,11H2,1-3H3. The molecule has 0 aliphatic heterocycles. The molecule has 19 heavy (non-hydrogen) atoms. The SMILES string of the molecule is CC(C)C(C)OCc1ccc(F)cc1C#CCCO. The van der Waals surface area contributed by atoms with Crippen molar-refractivity contribution < 1.29 is 14.2 Å². The number of aliphatic hydroxyl groups is 1. The van der Waals surface area contributed by atoms with E-state index in [1.165, 1.54) is 12.1 Å². The van der Waals surface area contributed by atoms with Crippen LogP contribution in [0.1, 0.15) is 38.3 Å². The van der Waals surface area contributed by atoms with Gasteiger partial charge in [0.15, 0.2) is 0 Å². The van der Waals surface area contributed by atoms with E-state index in [0.29, 0.717) is 24.5 Å². The lowest BCUT2D eigenvalue weighted by Gasteiger charge is -2.17. The summed E-state index contributed by atoms with van der Waals surface area (Å²) >= 11 is 0. The maximum absolute atomic E-state index is 13.2. The lowest BCUT2D eigenvalue weighted by Crippen LogP contribution is -2.15. The van der Waals surface area contributed by atoms with Gasteiger partial charge < -0.3 is 9.84 Å². The van der Waals surface area contributed by atoms with Crippen LogP contribution >= 0.6 is 0 Å². The van der Waals surface area contributed by atoms with Gasteiger partial charge in [-0.05, 0) is 30.5 Å². The lowest BCUT2D eigenvalue weighted by atomic mass is 10.1. The topological polar surface area (TPSA) is 29.5 Å². The molecule has 0 aliphatic rings. The highest BCUT2D eigenvalue weighted by molar-refractivity contribution is 5.41. The molecule has 0 spiro atoms. The van der Waals surface area contributed by atoms with E-state index in [2.05, 4.69) is 25.7 Å². The van der Waals surface area contributed by atoms with Crippen LogP contribution in [0.5, 0.6) is 0 Å². The molecule has 3 heteroatoms. The number of halogens is 1. The average molecular weight is 264 g/mol. The van der Waals surface area contributed by atoms with Gasteiger partial charge in [-0.3, -0.25) is 0 Å². The van der Waals surface area contributed by atoms with Gasteiger partial charge in [0, 0.05) is 12.0 Å². The van der Waals surface area contributed by atoms with Crippen LogP contribution in [-0.2, 0) is 11.3 Å². The lowest BCUT2D eigenvalue weighted by molar-refractivity contribution is 0.0234. The average Bonchev–Trinajstić information content (AvgIpc) is 2.37. The smallest absolute Gasteiger partial charge is 0.124 e. The Morgan fingerprint density at radius 3 is 2.68 bits per heavy atom. The number of ether oxygens (including phenoxy) is 1. The predicted octanol–water partition coefficient (Wildman–Crippen LogP) is 3.12. The van der Waals surface area contributed by atoms with Crippen molar-refractivity contribution >= 4 is 0 Å². The Balaban J connectivity index is 2.80. The van der Waals surface area contributed by atoms with Crippen molar-refractivity contribution in [2.45, 2.75) is 39.9 Å². The van der Waals surface area contributed by atoms with Crippen molar-refractivity contribution in [3.63, 3.8) is 0 Å². The molecule has 1 aromatic rings. The predicted molar refractivity (Wildman–Crippen MR) is 74.1 cm³/mol. The molecular weight excluding hydrogens is 243 g/mol. The molecule has 1 aromatic carbocycles. The summed E-state index contributed by atoms with van der Waals surface area (Å²) in [5.41, 5.74) is 1.50. The Labute approximate surface area is 114 Å². The van der Waals surface area contributed by atoms with Crippen LogP contribution in [0.15, 0.2) is 18.2 Å². The molecular formula is C16H21FO2. The van der Waals surface area contributed by atoms with Crippen molar-refractivity contribution in [2.75, 3.05) is 6.61 Å². The first-order valence-electron chi connectivity index (χ1n) is 6.54. The molecule has 0 aromatic heterocycles. The summed E-state index contributed by atoms with van der Waals surface area (Å²) < 4.78 is 19.0. The molecule has 0 bridgehead atoms. The van der Waals surface area contributed by atoms with E-state index in [4.69, 9.17) is 9.84 Å². The summed E-state index contributed by atoms with van der Waals surface area (Å²) in [7, 11) is 0. The van der Waals surface area contributed by atoms with Crippen LogP contribution in [0.3, 0.4) is 0 Å². The maximum Gasteiger partial charge on any atom is 0.124 e. The molecule has 1 unspecified atom stereocenters. The molecule has 1 rings (SSSR count). The van der Waals surface area contributed by atoms with Gasteiger partial charge >= 0.3 is 0 Å². The molecule has 0 heterocycles. The van der Waals surface area contributed by atoms with Crippen LogP contribution in [0.2, 0.25) is 0 Å². The fourth-order valence-corrected chi connectivity index (χ4v) is 1.42. The minimum Gasteiger partial charge on any atom is -0.395 e. The quantitative estimate of drug-likeness (QED) is 0.828. The van der Waals surface area contributed by atoms with Crippen molar-refractivity contribution in [1.82, 2.24) is 0 Å². The number of benzene rings is 1. The monoisotopic (exact) mass is 264 g/mol. The van der Waals surface area contributed by atoms with E-state index < -0.39 is 0 Å². The van der Waals surface area contributed by atoms with Gasteiger partial charge in [-0.1, -0.05) is 31.8 Å². The van der Waals surface area contributed by atoms with Crippen molar-refractivity contribution in [1.29, 1.82) is 0 Å². The third kappa shape index (κ3) is 5.42. The molecule has 0 aliphatic carbocycles. The first-order valence-corrected chi connectivity index (χ1v) is 6.54. The first kappa shape index (κ1) is 15.7. The molecule has 2 nitrogen and oxygen atoms in total. The van der Waals surface area contributed by atoms with E-state index >= 15 is 0 Å². The molecule has 104 valence electrons. The van der Waals surface area contributed by atoms with Crippen LogP contribution in [0.25, 0.3) is 0 Å². The zero-order chi connectivity index (χ0) is 14.3. The minimum absolute atomic E-state index is 0.0124. The summed E-state index contributed by atoms with van der Waals surface area (Å²) in [5, 5.41) is 8.70. The Morgan fingerprint density at radius 2 is 2.05 bits per heavy atom. The second-order valence-corrected chi connectivity index (χ2v) is 4.84. The number of hydrogen-bond donors (Lipinski definition) is 1. The summed E-state index contributed by atoms with van der Waals surface area (Å²) in [4.78, 5) is 0. The Hall–Kier alpha value is -1.37. The van der Waals surface area contributed by atoms with E-state index in [1.807, 2.05) is 6.92 Å². The number of aliphatic hydroxyl groups excluding tert-OH is 1. The fraction of sp³-hybridized carbons (Fsp3) is 0.500. The van der Waals surface area contributed by atoms with Crippen molar-refractivity contribution in [3.8, 4) is 11.8 Å². The number of rotatable bonds is 5. The minimum atomic E-state index is -0.311. The molecule has 0 saturated heterocycles. The Kier molecular flexibility index (Phi) is 6.55. The molecule has 1 N–H and O–H groups in total. The van der Waals surface area contributed by atoms with E-state index in [9.17, 15) is 4.39 Å². The van der Waals surface area contributed by atoms with E-state index in [1.54, 1.807) is 6.07 Å². The third-order valence-corrected chi connectivity index (χ3v) is 2.97. The normalized spacial score (nSPS) is 12.1. The Morgan fingerprint density at radius 1 is 1.32 bits per heavy atom. The zero-order valence-corrected chi connectivity index (χ0v) is 11.7. The molecule has 0 fully saturated rings. The van der Waals surface area contributed by atoms with Crippen molar-refractivity contribution in [3.05, 3.63) is 35.1 Å². The van der Waals surface area contributed by atoms with Gasteiger partial charge in [-0.15, -0.1) is 0 Å². The maximum atomic E-state index is 13.2. The summed E-state index contributed by atoms with van der Waals surface area (Å²) in [5.74, 6) is 5.81. The molecule has 0 saturated carbocycles. The fourth-order valence-electron chi connectivity index (χ4n) is 1.42. The third-order valence-electron chi connectivity index (χ3n) is 2.97. The second-order valence-electron chi connectivity index (χ2n) is 4.84. The van der Waals surface area contributed by atoms with E-state index in [-0.39, 0.29) is 18.5 Å². The molecule has 1 atom stereocenters. The summed E-state index contributed by atoms with van der Waals surface area (Å²) in [6.45, 7) is 6.64. The van der Waals surface area contributed by atoms with Crippen LogP contribution in [-0.4, -0.2) is 17.8 Å². The van der Waals surface area contributed by atoms with Gasteiger partial charge in [-0.25, -0.2) is 4.39 Å². The van der Waals surface area contributed by atoms with Crippen LogP contribution in [0.4, 0.5) is 4.39 Å². The largest absolute Gasteiger partial charge is 0.395 e. The molecule has 0 radical (unpaired) electrons. The van der Waals surface area contributed by atoms with Gasteiger partial charge in [0.05, 0.1) is 19.3 Å². The summed E-state index contributed by atoms with van der Waals surface area (Å²) in [6.07, 6.45) is 0.530. The highest BCUT2D eigenvalue weighted by Gasteiger charge is 2.09. The van der Waals surface area contributed by atoms with Gasteiger partial charge in [0.1, 0.15) is 5.82 Å². The van der Waals surface area contributed by atoms with Gasteiger partial charge in [0.2, 0.25) is 0 Å². The second kappa shape index (κ2) is 7.93. The Bertz CT molecular complexity index is 458. The zero-order valence-electron chi connectivity index (χ0n) is 11.7. The van der Waals surface area contributed by atoms with Crippen LogP contribution in [0, 0.1) is 23.6 Å². The van der Waals surface area contributed by atoms with Gasteiger partial charge in [0.25, 0.3) is 0 Å². The number of hydrogen-bond acceptors (Lipinski definition) is 2. The van der Waals surface area contributed by atoms with E-state index in [0.717, 1.165) is 5.56 Å². The highest BCUT2D eigenvalue weighted by atomic mass is 19.1. The molecule has 0 amide bonds.